The Balaban J connectivity index is 2.27. The second-order valence-corrected chi connectivity index (χ2v) is 5.20. The Hall–Kier alpha value is -1.64. The number of aryl methyl sites for hydroxylation is 2. The Labute approximate surface area is 114 Å². The molecule has 2 heteroatoms. The number of benzene rings is 2. The van der Waals surface area contributed by atoms with Gasteiger partial charge in [0.1, 0.15) is 6.10 Å². The summed E-state index contributed by atoms with van der Waals surface area (Å²) >= 11 is 0. The molecule has 0 saturated carbocycles. The van der Waals surface area contributed by atoms with Crippen LogP contribution in [0.25, 0.3) is 0 Å². The first-order valence-corrected chi connectivity index (χ1v) is 6.59. The summed E-state index contributed by atoms with van der Waals surface area (Å²) < 4.78 is 0. The lowest BCUT2D eigenvalue weighted by molar-refractivity contribution is 0.220. The number of hydrogen-bond donors (Lipinski definition) is 2. The SMILES string of the molecule is Cc1ccc(C(O)c2ccc(C(C)N)cc2)cc1C. The van der Waals surface area contributed by atoms with Crippen LogP contribution in [0.1, 0.15) is 46.9 Å². The normalized spacial score (nSPS) is 14.2. The zero-order valence-electron chi connectivity index (χ0n) is 11.7. The van der Waals surface area contributed by atoms with Crippen molar-refractivity contribution in [3.63, 3.8) is 0 Å². The molecule has 19 heavy (non-hydrogen) atoms. The Morgan fingerprint density at radius 1 is 0.842 bits per heavy atom. The van der Waals surface area contributed by atoms with Gasteiger partial charge in [0.15, 0.2) is 0 Å². The molecule has 0 aliphatic rings. The zero-order chi connectivity index (χ0) is 14.0. The van der Waals surface area contributed by atoms with Crippen LogP contribution in [0, 0.1) is 13.8 Å². The summed E-state index contributed by atoms with van der Waals surface area (Å²) in [5.74, 6) is 0. The van der Waals surface area contributed by atoms with Gasteiger partial charge < -0.3 is 10.8 Å². The Kier molecular flexibility index (Phi) is 4.03. The quantitative estimate of drug-likeness (QED) is 0.883. The maximum Gasteiger partial charge on any atom is 0.104 e. The van der Waals surface area contributed by atoms with Crippen molar-refractivity contribution in [3.05, 3.63) is 70.3 Å². The maximum absolute atomic E-state index is 10.4. The topological polar surface area (TPSA) is 46.2 Å². The molecule has 0 heterocycles. The zero-order valence-corrected chi connectivity index (χ0v) is 11.7. The van der Waals surface area contributed by atoms with Crippen LogP contribution in [-0.4, -0.2) is 5.11 Å². The average Bonchev–Trinajstić information content (AvgIpc) is 2.41. The van der Waals surface area contributed by atoms with E-state index in [-0.39, 0.29) is 6.04 Å². The number of rotatable bonds is 3. The molecular formula is C17H21NO. The van der Waals surface area contributed by atoms with Crippen molar-refractivity contribution in [3.8, 4) is 0 Å². The lowest BCUT2D eigenvalue weighted by atomic mass is 9.96. The molecule has 0 aliphatic heterocycles. The smallest absolute Gasteiger partial charge is 0.104 e. The van der Waals surface area contributed by atoms with Gasteiger partial charge in [-0.15, -0.1) is 0 Å². The van der Waals surface area contributed by atoms with E-state index in [1.54, 1.807) is 0 Å². The first kappa shape index (κ1) is 13.8. The Morgan fingerprint density at radius 2 is 1.37 bits per heavy atom. The van der Waals surface area contributed by atoms with Gasteiger partial charge in [-0.05, 0) is 48.6 Å². The molecule has 0 radical (unpaired) electrons. The molecule has 0 saturated heterocycles. The number of hydrogen-bond acceptors (Lipinski definition) is 2. The molecule has 2 atom stereocenters. The molecule has 0 aliphatic carbocycles. The van der Waals surface area contributed by atoms with E-state index >= 15 is 0 Å². The molecule has 0 aromatic heterocycles. The highest BCUT2D eigenvalue weighted by atomic mass is 16.3. The van der Waals surface area contributed by atoms with Gasteiger partial charge in [0.25, 0.3) is 0 Å². The first-order valence-electron chi connectivity index (χ1n) is 6.59. The Bertz CT molecular complexity index is 558. The van der Waals surface area contributed by atoms with Crippen molar-refractivity contribution in [2.75, 3.05) is 0 Å². The molecule has 2 unspecified atom stereocenters. The van der Waals surface area contributed by atoms with Gasteiger partial charge in [0.2, 0.25) is 0 Å². The fourth-order valence-corrected chi connectivity index (χ4v) is 2.11. The number of aliphatic hydroxyl groups is 1. The first-order chi connectivity index (χ1) is 8.99. The van der Waals surface area contributed by atoms with Crippen molar-refractivity contribution in [2.24, 2.45) is 5.73 Å². The highest BCUT2D eigenvalue weighted by molar-refractivity contribution is 5.36. The minimum absolute atomic E-state index is 0.0211. The molecule has 0 fully saturated rings. The van der Waals surface area contributed by atoms with Crippen molar-refractivity contribution in [1.82, 2.24) is 0 Å². The van der Waals surface area contributed by atoms with Crippen molar-refractivity contribution >= 4 is 0 Å². The summed E-state index contributed by atoms with van der Waals surface area (Å²) in [7, 11) is 0. The minimum atomic E-state index is -0.582. The van der Waals surface area contributed by atoms with Gasteiger partial charge in [0, 0.05) is 6.04 Å². The minimum Gasteiger partial charge on any atom is -0.384 e. The van der Waals surface area contributed by atoms with Crippen LogP contribution in [0.4, 0.5) is 0 Å². The number of nitrogens with two attached hydrogens (primary N) is 1. The van der Waals surface area contributed by atoms with E-state index in [1.807, 2.05) is 49.4 Å². The predicted molar refractivity (Wildman–Crippen MR) is 79.0 cm³/mol. The standard InChI is InChI=1S/C17H21NO/c1-11-4-5-16(10-12(11)2)17(19)15-8-6-14(7-9-15)13(3)18/h4-10,13,17,19H,18H2,1-3H3. The van der Waals surface area contributed by atoms with Crippen LogP contribution in [-0.2, 0) is 0 Å². The van der Waals surface area contributed by atoms with Crippen LogP contribution in [0.15, 0.2) is 42.5 Å². The molecule has 0 amide bonds. The fraction of sp³-hybridized carbons (Fsp3) is 0.294. The van der Waals surface area contributed by atoms with Gasteiger partial charge in [-0.25, -0.2) is 0 Å². The highest BCUT2D eigenvalue weighted by Gasteiger charge is 2.11. The molecular weight excluding hydrogens is 234 g/mol. The van der Waals surface area contributed by atoms with Crippen molar-refractivity contribution in [2.45, 2.75) is 32.9 Å². The van der Waals surface area contributed by atoms with E-state index in [4.69, 9.17) is 5.73 Å². The molecule has 2 rings (SSSR count). The summed E-state index contributed by atoms with van der Waals surface area (Å²) in [4.78, 5) is 0. The van der Waals surface area contributed by atoms with Gasteiger partial charge >= 0.3 is 0 Å². The van der Waals surface area contributed by atoms with Gasteiger partial charge in [-0.2, -0.15) is 0 Å². The third kappa shape index (κ3) is 3.03. The Morgan fingerprint density at radius 3 is 1.89 bits per heavy atom. The number of aliphatic hydroxyl groups excluding tert-OH is 1. The highest BCUT2D eigenvalue weighted by Crippen LogP contribution is 2.24. The summed E-state index contributed by atoms with van der Waals surface area (Å²) in [6.07, 6.45) is -0.582. The van der Waals surface area contributed by atoms with Crippen LogP contribution in [0.2, 0.25) is 0 Å². The fourth-order valence-electron chi connectivity index (χ4n) is 2.11. The van der Waals surface area contributed by atoms with Gasteiger partial charge in [-0.1, -0.05) is 42.5 Å². The van der Waals surface area contributed by atoms with Gasteiger partial charge in [0.05, 0.1) is 0 Å². The van der Waals surface area contributed by atoms with Crippen LogP contribution < -0.4 is 5.73 Å². The lowest BCUT2D eigenvalue weighted by Gasteiger charge is -2.14. The van der Waals surface area contributed by atoms with E-state index in [2.05, 4.69) is 13.8 Å². The molecule has 2 nitrogen and oxygen atoms in total. The predicted octanol–water partition coefficient (Wildman–Crippen LogP) is 3.40. The van der Waals surface area contributed by atoms with Crippen LogP contribution in [0.3, 0.4) is 0 Å². The van der Waals surface area contributed by atoms with Crippen LogP contribution in [0.5, 0.6) is 0 Å². The third-order valence-corrected chi connectivity index (χ3v) is 3.62. The molecule has 3 N–H and O–H groups in total. The molecule has 2 aromatic rings. The molecule has 2 aromatic carbocycles. The maximum atomic E-state index is 10.4. The second-order valence-electron chi connectivity index (χ2n) is 5.20. The molecule has 100 valence electrons. The monoisotopic (exact) mass is 255 g/mol. The summed E-state index contributed by atoms with van der Waals surface area (Å²) in [5.41, 5.74) is 11.2. The van der Waals surface area contributed by atoms with Crippen molar-refractivity contribution < 1.29 is 5.11 Å². The van der Waals surface area contributed by atoms with Crippen molar-refractivity contribution in [1.29, 1.82) is 0 Å². The van der Waals surface area contributed by atoms with Crippen LogP contribution >= 0.6 is 0 Å². The average molecular weight is 255 g/mol. The summed E-state index contributed by atoms with van der Waals surface area (Å²) in [6.45, 7) is 6.09. The van der Waals surface area contributed by atoms with Gasteiger partial charge in [-0.3, -0.25) is 0 Å². The molecule has 0 spiro atoms. The van der Waals surface area contributed by atoms with E-state index in [0.717, 1.165) is 16.7 Å². The van der Waals surface area contributed by atoms with E-state index in [1.165, 1.54) is 11.1 Å². The van der Waals surface area contributed by atoms with E-state index in [9.17, 15) is 5.11 Å². The second kappa shape index (κ2) is 5.55. The van der Waals surface area contributed by atoms with E-state index in [0.29, 0.717) is 0 Å². The largest absolute Gasteiger partial charge is 0.384 e. The summed E-state index contributed by atoms with van der Waals surface area (Å²) in [5, 5.41) is 10.4. The van der Waals surface area contributed by atoms with E-state index < -0.39 is 6.10 Å². The summed E-state index contributed by atoms with van der Waals surface area (Å²) in [6, 6.07) is 13.9. The lowest BCUT2D eigenvalue weighted by Crippen LogP contribution is -2.06. The third-order valence-electron chi connectivity index (χ3n) is 3.62. The molecule has 0 bridgehead atoms.